The molecule has 32 heavy (non-hydrogen) atoms. The molecule has 0 atom stereocenters. The van der Waals surface area contributed by atoms with Gasteiger partial charge in [-0.1, -0.05) is 31.4 Å². The third-order valence-electron chi connectivity index (χ3n) is 5.67. The van der Waals surface area contributed by atoms with E-state index in [9.17, 15) is 13.2 Å². The van der Waals surface area contributed by atoms with Gasteiger partial charge in [0.1, 0.15) is 11.5 Å². The fourth-order valence-electron chi connectivity index (χ4n) is 3.93. The van der Waals surface area contributed by atoms with Crippen LogP contribution in [-0.4, -0.2) is 44.9 Å². The first-order valence-electron chi connectivity index (χ1n) is 11.1. The molecule has 0 radical (unpaired) electrons. The third-order valence-corrected chi connectivity index (χ3v) is 7.58. The molecule has 0 bridgehead atoms. The average molecular weight is 461 g/mol. The molecule has 1 aliphatic carbocycles. The molecule has 0 aliphatic heterocycles. The van der Waals surface area contributed by atoms with Crippen LogP contribution in [0, 0.1) is 0 Å². The lowest BCUT2D eigenvalue weighted by Gasteiger charge is -2.33. The van der Waals surface area contributed by atoms with Gasteiger partial charge in [-0.25, -0.2) is 8.42 Å². The standard InChI is InChI=1S/C24H32N2O5S/c1-3-31-22-13-15-23(16-14-22)32(28,29)26(20-7-5-4-6-8-20)18-24(27)25-17-19-9-11-21(30-2)12-10-19/h9-16,20H,3-8,17-18H2,1-2H3,(H,25,27). The number of rotatable bonds is 10. The lowest BCUT2D eigenvalue weighted by molar-refractivity contribution is -0.121. The second-order valence-corrected chi connectivity index (χ2v) is 9.76. The zero-order valence-electron chi connectivity index (χ0n) is 18.7. The lowest BCUT2D eigenvalue weighted by atomic mass is 9.95. The number of nitrogens with zero attached hydrogens (tertiary/aromatic N) is 1. The Morgan fingerprint density at radius 3 is 2.22 bits per heavy atom. The van der Waals surface area contributed by atoms with Crippen molar-refractivity contribution in [1.29, 1.82) is 0 Å². The van der Waals surface area contributed by atoms with E-state index < -0.39 is 10.0 Å². The number of hydrogen-bond donors (Lipinski definition) is 1. The van der Waals surface area contributed by atoms with Gasteiger partial charge in [0.25, 0.3) is 0 Å². The van der Waals surface area contributed by atoms with E-state index >= 15 is 0 Å². The van der Waals surface area contributed by atoms with Crippen LogP contribution >= 0.6 is 0 Å². The van der Waals surface area contributed by atoms with Crippen LogP contribution in [0.5, 0.6) is 11.5 Å². The molecular formula is C24H32N2O5S. The van der Waals surface area contributed by atoms with Crippen molar-refractivity contribution in [2.75, 3.05) is 20.3 Å². The van der Waals surface area contributed by atoms with E-state index in [1.54, 1.807) is 31.4 Å². The summed E-state index contributed by atoms with van der Waals surface area (Å²) in [5, 5.41) is 2.85. The van der Waals surface area contributed by atoms with Crippen LogP contribution in [0.3, 0.4) is 0 Å². The van der Waals surface area contributed by atoms with Crippen LogP contribution in [0.1, 0.15) is 44.6 Å². The van der Waals surface area contributed by atoms with Gasteiger partial charge in [-0.2, -0.15) is 4.31 Å². The first-order chi connectivity index (χ1) is 15.4. The van der Waals surface area contributed by atoms with Crippen molar-refractivity contribution < 1.29 is 22.7 Å². The molecule has 1 fully saturated rings. The zero-order chi connectivity index (χ0) is 23.0. The van der Waals surface area contributed by atoms with Crippen LogP contribution < -0.4 is 14.8 Å². The van der Waals surface area contributed by atoms with Crippen LogP contribution in [0.15, 0.2) is 53.4 Å². The third kappa shape index (κ3) is 6.23. The monoisotopic (exact) mass is 460 g/mol. The molecule has 2 aromatic rings. The fraction of sp³-hybridized carbons (Fsp3) is 0.458. The molecule has 0 spiro atoms. The van der Waals surface area contributed by atoms with Crippen molar-refractivity contribution in [2.45, 2.75) is 56.5 Å². The second-order valence-electron chi connectivity index (χ2n) is 7.87. The van der Waals surface area contributed by atoms with Crippen molar-refractivity contribution in [3.05, 3.63) is 54.1 Å². The quantitative estimate of drug-likeness (QED) is 0.584. The summed E-state index contributed by atoms with van der Waals surface area (Å²) >= 11 is 0. The Balaban J connectivity index is 1.73. The zero-order valence-corrected chi connectivity index (χ0v) is 19.6. The fourth-order valence-corrected chi connectivity index (χ4v) is 5.57. The number of ether oxygens (including phenoxy) is 2. The number of amides is 1. The van der Waals surface area contributed by atoms with Gasteiger partial charge in [-0.15, -0.1) is 0 Å². The highest BCUT2D eigenvalue weighted by Gasteiger charge is 2.34. The van der Waals surface area contributed by atoms with Crippen molar-refractivity contribution in [3.63, 3.8) is 0 Å². The number of nitrogens with one attached hydrogen (secondary N) is 1. The highest BCUT2D eigenvalue weighted by atomic mass is 32.2. The Morgan fingerprint density at radius 1 is 1.00 bits per heavy atom. The Hall–Kier alpha value is -2.58. The number of benzene rings is 2. The summed E-state index contributed by atoms with van der Waals surface area (Å²) < 4.78 is 38.9. The maximum Gasteiger partial charge on any atom is 0.243 e. The summed E-state index contributed by atoms with van der Waals surface area (Å²) in [5.41, 5.74) is 0.915. The van der Waals surface area contributed by atoms with E-state index in [-0.39, 0.29) is 23.4 Å². The van der Waals surface area contributed by atoms with Crippen LogP contribution in [-0.2, 0) is 21.4 Å². The van der Waals surface area contributed by atoms with Gasteiger partial charge in [0.2, 0.25) is 15.9 Å². The van der Waals surface area contributed by atoms with E-state index in [4.69, 9.17) is 9.47 Å². The minimum Gasteiger partial charge on any atom is -0.497 e. The van der Waals surface area contributed by atoms with E-state index in [0.29, 0.717) is 18.9 Å². The van der Waals surface area contributed by atoms with Gasteiger partial charge < -0.3 is 14.8 Å². The average Bonchev–Trinajstić information content (AvgIpc) is 2.82. The smallest absolute Gasteiger partial charge is 0.243 e. The highest BCUT2D eigenvalue weighted by molar-refractivity contribution is 7.89. The summed E-state index contributed by atoms with van der Waals surface area (Å²) in [6, 6.07) is 13.6. The first-order valence-corrected chi connectivity index (χ1v) is 12.5. The number of carbonyl (C=O) groups excluding carboxylic acids is 1. The molecule has 7 nitrogen and oxygen atoms in total. The van der Waals surface area contributed by atoms with Crippen LogP contribution in [0.4, 0.5) is 0 Å². The number of carbonyl (C=O) groups is 1. The summed E-state index contributed by atoms with van der Waals surface area (Å²) in [6.07, 6.45) is 4.56. The van der Waals surface area contributed by atoms with Gasteiger partial charge in [0.05, 0.1) is 25.2 Å². The number of hydrogen-bond acceptors (Lipinski definition) is 5. The van der Waals surface area contributed by atoms with Gasteiger partial charge >= 0.3 is 0 Å². The minimum atomic E-state index is -3.82. The minimum absolute atomic E-state index is 0.174. The molecule has 0 aromatic heterocycles. The Bertz CT molecular complexity index is 968. The molecule has 8 heteroatoms. The van der Waals surface area contributed by atoms with E-state index in [0.717, 1.165) is 43.4 Å². The summed E-state index contributed by atoms with van der Waals surface area (Å²) in [7, 11) is -2.22. The molecule has 1 aliphatic rings. The molecule has 0 saturated heterocycles. The van der Waals surface area contributed by atoms with Gasteiger partial charge in [-0.3, -0.25) is 4.79 Å². The van der Waals surface area contributed by atoms with Gasteiger partial charge in [0.15, 0.2) is 0 Å². The highest BCUT2D eigenvalue weighted by Crippen LogP contribution is 2.28. The SMILES string of the molecule is CCOc1ccc(S(=O)(=O)N(CC(=O)NCc2ccc(OC)cc2)C2CCCCC2)cc1. The molecule has 2 aromatic carbocycles. The Kier molecular flexibility index (Phi) is 8.53. The van der Waals surface area contributed by atoms with Crippen LogP contribution in [0.2, 0.25) is 0 Å². The summed E-state index contributed by atoms with van der Waals surface area (Å²) in [5.74, 6) is 1.04. The predicted octanol–water partition coefficient (Wildman–Crippen LogP) is 3.73. The Labute approximate surface area is 190 Å². The molecule has 0 unspecified atom stereocenters. The molecule has 174 valence electrons. The van der Waals surface area contributed by atoms with E-state index in [2.05, 4.69) is 5.32 Å². The molecular weight excluding hydrogens is 428 g/mol. The summed E-state index contributed by atoms with van der Waals surface area (Å²) in [4.78, 5) is 12.9. The van der Waals surface area contributed by atoms with Crippen molar-refractivity contribution >= 4 is 15.9 Å². The Morgan fingerprint density at radius 2 is 1.62 bits per heavy atom. The lowest BCUT2D eigenvalue weighted by Crippen LogP contribution is -2.46. The molecule has 3 rings (SSSR count). The molecule has 0 heterocycles. The van der Waals surface area contributed by atoms with Crippen LogP contribution in [0.25, 0.3) is 0 Å². The first kappa shape index (κ1) is 24.1. The van der Waals surface area contributed by atoms with Crippen molar-refractivity contribution in [1.82, 2.24) is 9.62 Å². The van der Waals surface area contributed by atoms with Crippen molar-refractivity contribution in [2.24, 2.45) is 0 Å². The maximum absolute atomic E-state index is 13.5. The molecule has 1 saturated carbocycles. The molecule has 1 N–H and O–H groups in total. The second kappa shape index (κ2) is 11.3. The molecule has 1 amide bonds. The topological polar surface area (TPSA) is 84.9 Å². The number of sulfonamides is 1. The largest absolute Gasteiger partial charge is 0.497 e. The van der Waals surface area contributed by atoms with Crippen molar-refractivity contribution in [3.8, 4) is 11.5 Å². The summed E-state index contributed by atoms with van der Waals surface area (Å²) in [6.45, 7) is 2.51. The van der Waals surface area contributed by atoms with Gasteiger partial charge in [-0.05, 0) is 61.7 Å². The normalized spacial score (nSPS) is 14.8. The van der Waals surface area contributed by atoms with E-state index in [1.165, 1.54) is 4.31 Å². The van der Waals surface area contributed by atoms with Gasteiger partial charge in [0, 0.05) is 12.6 Å². The maximum atomic E-state index is 13.5. The predicted molar refractivity (Wildman–Crippen MR) is 123 cm³/mol. The number of methoxy groups -OCH3 is 1. The van der Waals surface area contributed by atoms with E-state index in [1.807, 2.05) is 31.2 Å².